The summed E-state index contributed by atoms with van der Waals surface area (Å²) < 4.78 is 5.58. The van der Waals surface area contributed by atoms with Gasteiger partial charge in [-0.3, -0.25) is 14.4 Å². The number of hydrogen-bond donors (Lipinski definition) is 3. The molecule has 0 radical (unpaired) electrons. The van der Waals surface area contributed by atoms with E-state index in [0.717, 1.165) is 38.9 Å². The van der Waals surface area contributed by atoms with Gasteiger partial charge in [0.25, 0.3) is 0 Å². The van der Waals surface area contributed by atoms with Gasteiger partial charge in [0, 0.05) is 39.5 Å². The van der Waals surface area contributed by atoms with Crippen LogP contribution >= 0.6 is 0 Å². The first-order valence-electron chi connectivity index (χ1n) is 9.95. The van der Waals surface area contributed by atoms with Crippen LogP contribution in [0.4, 0.5) is 0 Å². The van der Waals surface area contributed by atoms with E-state index in [9.17, 15) is 14.4 Å². The number of nitrogens with zero attached hydrogens (tertiary/aromatic N) is 1. The Morgan fingerprint density at radius 2 is 1.75 bits per heavy atom. The van der Waals surface area contributed by atoms with Crippen LogP contribution in [0.25, 0.3) is 0 Å². The number of unbranched alkanes of at least 4 members (excludes halogenated alkanes) is 2. The molecule has 28 heavy (non-hydrogen) atoms. The number of nitrogens with one attached hydrogen (secondary N) is 3. The van der Waals surface area contributed by atoms with Crippen LogP contribution in [-0.2, 0) is 24.0 Å². The molecule has 9 heteroatoms. The molecule has 0 saturated carbocycles. The Labute approximate surface area is 168 Å². The lowest BCUT2D eigenvalue weighted by Crippen LogP contribution is -2.29. The van der Waals surface area contributed by atoms with Crippen molar-refractivity contribution in [3.63, 3.8) is 0 Å². The van der Waals surface area contributed by atoms with E-state index in [-0.39, 0.29) is 43.8 Å². The van der Waals surface area contributed by atoms with Gasteiger partial charge in [0.15, 0.2) is 6.73 Å². The van der Waals surface area contributed by atoms with Gasteiger partial charge in [-0.25, -0.2) is 0 Å². The highest BCUT2D eigenvalue weighted by atomic mass is 16.6. The molecule has 0 aromatic heterocycles. The molecule has 0 heterocycles. The van der Waals surface area contributed by atoms with Crippen LogP contribution < -0.4 is 16.0 Å². The third-order valence-corrected chi connectivity index (χ3v) is 3.89. The standard InChI is InChI=1S/C19H36N4O5/c1-4-16(2)14-27-13-7-5-6-10-21-18(25)8-9-19(26)22-15-28-23-12-11-20-17(3)24/h12,16H,4-11,13-15H2,1-3H3,(H,20,24)(H,21,25)(H,22,26)/b23-12-. The summed E-state index contributed by atoms with van der Waals surface area (Å²) in [5, 5.41) is 11.4. The molecule has 0 saturated heterocycles. The van der Waals surface area contributed by atoms with Crippen molar-refractivity contribution in [3.05, 3.63) is 0 Å². The quantitative estimate of drug-likeness (QED) is 0.147. The summed E-state index contributed by atoms with van der Waals surface area (Å²) in [6.07, 6.45) is 5.62. The first-order chi connectivity index (χ1) is 13.5. The van der Waals surface area contributed by atoms with Gasteiger partial charge in [-0.05, 0) is 25.2 Å². The fourth-order valence-electron chi connectivity index (χ4n) is 1.97. The second kappa shape index (κ2) is 18.2. The lowest BCUT2D eigenvalue weighted by molar-refractivity contribution is -0.127. The molecular formula is C19H36N4O5. The minimum absolute atomic E-state index is 0.0872. The first kappa shape index (κ1) is 25.8. The molecule has 0 aliphatic rings. The van der Waals surface area contributed by atoms with E-state index in [1.54, 1.807) is 0 Å². The van der Waals surface area contributed by atoms with Crippen molar-refractivity contribution in [2.24, 2.45) is 11.1 Å². The molecule has 0 bridgehead atoms. The van der Waals surface area contributed by atoms with E-state index in [1.807, 2.05) is 0 Å². The van der Waals surface area contributed by atoms with Gasteiger partial charge in [0.1, 0.15) is 0 Å². The van der Waals surface area contributed by atoms with Crippen LogP contribution in [0.2, 0.25) is 0 Å². The first-order valence-corrected chi connectivity index (χ1v) is 9.95. The molecule has 3 amide bonds. The molecule has 0 spiro atoms. The Bertz CT molecular complexity index is 471. The Morgan fingerprint density at radius 1 is 1.04 bits per heavy atom. The topological polar surface area (TPSA) is 118 Å². The number of rotatable bonds is 17. The number of amides is 3. The minimum atomic E-state index is -0.286. The van der Waals surface area contributed by atoms with Crippen LogP contribution in [-0.4, -0.2) is 57.0 Å². The number of ether oxygens (including phenoxy) is 1. The smallest absolute Gasteiger partial charge is 0.223 e. The highest BCUT2D eigenvalue weighted by molar-refractivity contribution is 5.83. The Kier molecular flexibility index (Phi) is 16.8. The second-order valence-corrected chi connectivity index (χ2v) is 6.60. The third-order valence-electron chi connectivity index (χ3n) is 3.89. The molecule has 9 nitrogen and oxygen atoms in total. The fourth-order valence-corrected chi connectivity index (χ4v) is 1.97. The predicted molar refractivity (Wildman–Crippen MR) is 108 cm³/mol. The molecule has 1 atom stereocenters. The average Bonchev–Trinajstić information content (AvgIpc) is 2.67. The lowest BCUT2D eigenvalue weighted by Gasteiger charge is -2.09. The number of hydrogen-bond acceptors (Lipinski definition) is 6. The van der Waals surface area contributed by atoms with E-state index in [2.05, 4.69) is 35.0 Å². The molecule has 0 aromatic carbocycles. The van der Waals surface area contributed by atoms with Gasteiger partial charge in [-0.2, -0.15) is 0 Å². The second-order valence-electron chi connectivity index (χ2n) is 6.60. The van der Waals surface area contributed by atoms with Crippen LogP contribution in [0.1, 0.15) is 59.3 Å². The van der Waals surface area contributed by atoms with E-state index < -0.39 is 0 Å². The molecule has 3 N–H and O–H groups in total. The monoisotopic (exact) mass is 400 g/mol. The molecule has 162 valence electrons. The van der Waals surface area contributed by atoms with Crippen LogP contribution in [0.5, 0.6) is 0 Å². The molecule has 0 rings (SSSR count). The molecule has 0 aromatic rings. The largest absolute Gasteiger partial charge is 0.381 e. The highest BCUT2D eigenvalue weighted by Crippen LogP contribution is 2.02. The van der Waals surface area contributed by atoms with Crippen LogP contribution in [0, 0.1) is 5.92 Å². The van der Waals surface area contributed by atoms with E-state index >= 15 is 0 Å². The van der Waals surface area contributed by atoms with Crippen molar-refractivity contribution in [3.8, 4) is 0 Å². The summed E-state index contributed by atoms with van der Waals surface area (Å²) >= 11 is 0. The summed E-state index contributed by atoms with van der Waals surface area (Å²) in [5.74, 6) is 0.0121. The molecule has 0 fully saturated rings. The van der Waals surface area contributed by atoms with Crippen molar-refractivity contribution in [2.75, 3.05) is 33.0 Å². The summed E-state index contributed by atoms with van der Waals surface area (Å²) in [4.78, 5) is 38.7. The lowest BCUT2D eigenvalue weighted by atomic mass is 10.1. The number of oxime groups is 1. The zero-order valence-corrected chi connectivity index (χ0v) is 17.4. The van der Waals surface area contributed by atoms with Crippen molar-refractivity contribution >= 4 is 23.9 Å². The van der Waals surface area contributed by atoms with E-state index in [0.29, 0.717) is 12.5 Å². The van der Waals surface area contributed by atoms with Crippen LogP contribution in [0.3, 0.4) is 0 Å². The zero-order chi connectivity index (χ0) is 21.0. The van der Waals surface area contributed by atoms with Crippen molar-refractivity contribution < 1.29 is 24.0 Å². The normalized spacial score (nSPS) is 11.8. The molecule has 0 aliphatic carbocycles. The summed E-state index contributed by atoms with van der Waals surface area (Å²) in [6.45, 7) is 8.08. The van der Waals surface area contributed by atoms with Crippen molar-refractivity contribution in [2.45, 2.75) is 59.3 Å². The maximum Gasteiger partial charge on any atom is 0.223 e. The third kappa shape index (κ3) is 18.6. The Morgan fingerprint density at radius 3 is 2.43 bits per heavy atom. The minimum Gasteiger partial charge on any atom is -0.381 e. The number of carbonyl (C=O) groups is 3. The Balaban J connectivity index is 3.46. The average molecular weight is 401 g/mol. The van der Waals surface area contributed by atoms with Gasteiger partial charge in [0.2, 0.25) is 17.7 Å². The Hall–Kier alpha value is -2.16. The van der Waals surface area contributed by atoms with Crippen molar-refractivity contribution in [1.29, 1.82) is 0 Å². The van der Waals surface area contributed by atoms with Gasteiger partial charge in [-0.15, -0.1) is 0 Å². The van der Waals surface area contributed by atoms with Crippen molar-refractivity contribution in [1.82, 2.24) is 16.0 Å². The summed E-state index contributed by atoms with van der Waals surface area (Å²) in [5.41, 5.74) is 0. The highest BCUT2D eigenvalue weighted by Gasteiger charge is 2.06. The summed E-state index contributed by atoms with van der Waals surface area (Å²) in [7, 11) is 0. The van der Waals surface area contributed by atoms with Gasteiger partial charge in [-0.1, -0.05) is 25.4 Å². The van der Waals surface area contributed by atoms with Gasteiger partial charge >= 0.3 is 0 Å². The molecule has 1 unspecified atom stereocenters. The van der Waals surface area contributed by atoms with Gasteiger partial charge < -0.3 is 25.5 Å². The maximum absolute atomic E-state index is 11.7. The SMILES string of the molecule is CCC(C)COCCCCCNC(=O)CCC(=O)NCO/N=C\CNC(C)=O. The molecular weight excluding hydrogens is 364 g/mol. The van der Waals surface area contributed by atoms with E-state index in [4.69, 9.17) is 9.57 Å². The van der Waals surface area contributed by atoms with Gasteiger partial charge in [0.05, 0.1) is 12.8 Å². The van der Waals surface area contributed by atoms with E-state index in [1.165, 1.54) is 13.1 Å². The number of carbonyl (C=O) groups excluding carboxylic acids is 3. The predicted octanol–water partition coefficient (Wildman–Crippen LogP) is 1.33. The van der Waals surface area contributed by atoms with Crippen LogP contribution in [0.15, 0.2) is 5.16 Å². The fraction of sp³-hybridized carbons (Fsp3) is 0.789. The zero-order valence-electron chi connectivity index (χ0n) is 17.4. The summed E-state index contributed by atoms with van der Waals surface area (Å²) in [6, 6.07) is 0. The molecule has 0 aliphatic heterocycles. The maximum atomic E-state index is 11.7.